The lowest BCUT2D eigenvalue weighted by molar-refractivity contribution is -0.141. The molecule has 130 valence electrons. The Kier molecular flexibility index (Phi) is 5.11. The third-order valence-corrected chi connectivity index (χ3v) is 4.60. The number of rotatable bonds is 3. The van der Waals surface area contributed by atoms with E-state index in [1.54, 1.807) is 7.05 Å². The lowest BCUT2D eigenvalue weighted by atomic mass is 9.72. The van der Waals surface area contributed by atoms with E-state index in [4.69, 9.17) is 4.74 Å². The molecule has 1 aliphatic rings. The molecular weight excluding hydrogens is 305 g/mol. The Morgan fingerprint density at radius 2 is 1.70 bits per heavy atom. The number of aromatic nitrogens is 1. The molecule has 6 heteroatoms. The smallest absolute Gasteiger partial charge is 0.433 e. The number of nitrogens with zero attached hydrogens (tertiary/aromatic N) is 1. The summed E-state index contributed by atoms with van der Waals surface area (Å²) >= 11 is 0. The molecule has 0 bridgehead atoms. The molecule has 3 nitrogen and oxygen atoms in total. The maximum absolute atomic E-state index is 12.8. The van der Waals surface area contributed by atoms with Crippen molar-refractivity contribution in [3.8, 4) is 5.88 Å². The van der Waals surface area contributed by atoms with E-state index in [0.29, 0.717) is 11.6 Å². The van der Waals surface area contributed by atoms with Crippen LogP contribution >= 0.6 is 0 Å². The highest BCUT2D eigenvalue weighted by molar-refractivity contribution is 5.52. The quantitative estimate of drug-likeness (QED) is 0.834. The fraction of sp³-hybridized carbons (Fsp3) is 0.706. The van der Waals surface area contributed by atoms with Crippen molar-refractivity contribution in [2.24, 2.45) is 11.3 Å². The highest BCUT2D eigenvalue weighted by Gasteiger charge is 2.34. The SMILES string of the molecule is CNc1ccc(C(F)(F)F)nc1OC1CCC(C(C)(C)C)CC1. The van der Waals surface area contributed by atoms with Gasteiger partial charge in [-0.2, -0.15) is 13.2 Å². The summed E-state index contributed by atoms with van der Waals surface area (Å²) in [6.07, 6.45) is -0.777. The minimum atomic E-state index is -4.46. The van der Waals surface area contributed by atoms with Crippen LogP contribution in [0.2, 0.25) is 0 Å². The van der Waals surface area contributed by atoms with E-state index in [9.17, 15) is 13.2 Å². The van der Waals surface area contributed by atoms with Gasteiger partial charge in [0.05, 0.1) is 5.69 Å². The topological polar surface area (TPSA) is 34.2 Å². The van der Waals surface area contributed by atoms with Gasteiger partial charge in [0, 0.05) is 7.05 Å². The number of alkyl halides is 3. The normalized spacial score (nSPS) is 22.7. The van der Waals surface area contributed by atoms with Crippen LogP contribution in [0.25, 0.3) is 0 Å². The van der Waals surface area contributed by atoms with Gasteiger partial charge in [-0.3, -0.25) is 0 Å². The van der Waals surface area contributed by atoms with Crippen molar-refractivity contribution in [3.05, 3.63) is 17.8 Å². The molecule has 1 fully saturated rings. The summed E-state index contributed by atoms with van der Waals surface area (Å²) in [5.41, 5.74) is -0.180. The highest BCUT2D eigenvalue weighted by atomic mass is 19.4. The Morgan fingerprint density at radius 1 is 1.09 bits per heavy atom. The van der Waals surface area contributed by atoms with Crippen molar-refractivity contribution >= 4 is 5.69 Å². The van der Waals surface area contributed by atoms with Gasteiger partial charge in [-0.1, -0.05) is 20.8 Å². The van der Waals surface area contributed by atoms with Gasteiger partial charge in [0.2, 0.25) is 5.88 Å². The minimum Gasteiger partial charge on any atom is -0.473 e. The Balaban J connectivity index is 2.08. The van der Waals surface area contributed by atoms with Gasteiger partial charge in [0.1, 0.15) is 11.8 Å². The molecule has 1 aliphatic carbocycles. The standard InChI is InChI=1S/C17H25F3N2O/c1-16(2,3)11-5-7-12(8-6-11)23-15-13(21-4)9-10-14(22-15)17(18,19)20/h9-12,21H,5-8H2,1-4H3. The van der Waals surface area contributed by atoms with Crippen LogP contribution in [0.1, 0.15) is 52.1 Å². The van der Waals surface area contributed by atoms with Crippen LogP contribution in [0.5, 0.6) is 5.88 Å². The van der Waals surface area contributed by atoms with Gasteiger partial charge in [0.15, 0.2) is 0 Å². The van der Waals surface area contributed by atoms with Gasteiger partial charge in [-0.25, -0.2) is 4.98 Å². The predicted molar refractivity (Wildman–Crippen MR) is 84.6 cm³/mol. The van der Waals surface area contributed by atoms with Crippen molar-refractivity contribution in [1.29, 1.82) is 0 Å². The molecule has 0 spiro atoms. The molecule has 0 radical (unpaired) electrons. The van der Waals surface area contributed by atoms with Gasteiger partial charge < -0.3 is 10.1 Å². The van der Waals surface area contributed by atoms with Crippen molar-refractivity contribution in [2.45, 2.75) is 58.7 Å². The van der Waals surface area contributed by atoms with Crippen LogP contribution < -0.4 is 10.1 Å². The summed E-state index contributed by atoms with van der Waals surface area (Å²) in [5.74, 6) is 0.669. The molecule has 0 aromatic carbocycles. The first-order chi connectivity index (χ1) is 10.6. The van der Waals surface area contributed by atoms with E-state index in [0.717, 1.165) is 31.7 Å². The van der Waals surface area contributed by atoms with Crippen LogP contribution in [0.4, 0.5) is 18.9 Å². The Bertz CT molecular complexity index is 530. The number of hydrogen-bond donors (Lipinski definition) is 1. The molecule has 23 heavy (non-hydrogen) atoms. The Labute approximate surface area is 135 Å². The molecule has 1 aromatic rings. The van der Waals surface area contributed by atoms with Gasteiger partial charge >= 0.3 is 6.18 Å². The minimum absolute atomic E-state index is 0.0431. The number of ether oxygens (including phenoxy) is 1. The lowest BCUT2D eigenvalue weighted by Gasteiger charge is -2.36. The van der Waals surface area contributed by atoms with E-state index in [2.05, 4.69) is 31.1 Å². The summed E-state index contributed by atoms with van der Waals surface area (Å²) in [7, 11) is 1.65. The number of hydrogen-bond acceptors (Lipinski definition) is 3. The number of nitrogens with one attached hydrogen (secondary N) is 1. The Hall–Kier alpha value is -1.46. The largest absolute Gasteiger partial charge is 0.473 e. The van der Waals surface area contributed by atoms with Crippen molar-refractivity contribution in [1.82, 2.24) is 4.98 Å². The van der Waals surface area contributed by atoms with E-state index in [1.165, 1.54) is 6.07 Å². The van der Waals surface area contributed by atoms with Crippen LogP contribution in [-0.2, 0) is 6.18 Å². The maximum Gasteiger partial charge on any atom is 0.433 e. The van der Waals surface area contributed by atoms with E-state index in [1.807, 2.05) is 0 Å². The van der Waals surface area contributed by atoms with E-state index < -0.39 is 11.9 Å². The lowest BCUT2D eigenvalue weighted by Crippen LogP contribution is -2.31. The fourth-order valence-corrected chi connectivity index (χ4v) is 3.08. The van der Waals surface area contributed by atoms with Crippen LogP contribution in [0, 0.1) is 11.3 Å². The number of pyridine rings is 1. The molecule has 1 aromatic heterocycles. The van der Waals surface area contributed by atoms with Gasteiger partial charge in [0.25, 0.3) is 0 Å². The second-order valence-corrected chi connectivity index (χ2v) is 7.25. The first-order valence-electron chi connectivity index (χ1n) is 8.04. The molecule has 2 rings (SSSR count). The predicted octanol–water partition coefficient (Wildman–Crippen LogP) is 5.13. The third-order valence-electron chi connectivity index (χ3n) is 4.60. The summed E-state index contributed by atoms with van der Waals surface area (Å²) in [6, 6.07) is 2.33. The summed E-state index contributed by atoms with van der Waals surface area (Å²) < 4.78 is 44.3. The molecule has 1 N–H and O–H groups in total. The summed E-state index contributed by atoms with van der Waals surface area (Å²) in [6.45, 7) is 6.69. The second-order valence-electron chi connectivity index (χ2n) is 7.25. The molecule has 1 saturated carbocycles. The molecular formula is C17H25F3N2O. The molecule has 0 unspecified atom stereocenters. The monoisotopic (exact) mass is 330 g/mol. The number of anilines is 1. The first-order valence-corrected chi connectivity index (χ1v) is 8.04. The second kappa shape index (κ2) is 6.57. The number of halogens is 3. The maximum atomic E-state index is 12.8. The third kappa shape index (κ3) is 4.52. The zero-order valence-corrected chi connectivity index (χ0v) is 14.1. The van der Waals surface area contributed by atoms with Gasteiger partial charge in [-0.05, 0) is 49.1 Å². The zero-order chi connectivity index (χ0) is 17.3. The zero-order valence-electron chi connectivity index (χ0n) is 14.1. The molecule has 0 aliphatic heterocycles. The first kappa shape index (κ1) is 17.9. The van der Waals surface area contributed by atoms with Crippen molar-refractivity contribution in [2.75, 3.05) is 12.4 Å². The van der Waals surface area contributed by atoms with Crippen LogP contribution in [0.3, 0.4) is 0 Å². The highest BCUT2D eigenvalue weighted by Crippen LogP contribution is 2.39. The Morgan fingerprint density at radius 3 is 2.17 bits per heavy atom. The van der Waals surface area contributed by atoms with E-state index >= 15 is 0 Å². The molecule has 0 saturated heterocycles. The van der Waals surface area contributed by atoms with Crippen LogP contribution in [0.15, 0.2) is 12.1 Å². The molecule has 0 atom stereocenters. The van der Waals surface area contributed by atoms with E-state index in [-0.39, 0.29) is 17.4 Å². The average molecular weight is 330 g/mol. The van der Waals surface area contributed by atoms with Crippen molar-refractivity contribution in [3.63, 3.8) is 0 Å². The summed E-state index contributed by atoms with van der Waals surface area (Å²) in [4.78, 5) is 3.67. The van der Waals surface area contributed by atoms with Gasteiger partial charge in [-0.15, -0.1) is 0 Å². The fourth-order valence-electron chi connectivity index (χ4n) is 3.08. The molecule has 0 amide bonds. The summed E-state index contributed by atoms with van der Waals surface area (Å²) in [5, 5.41) is 2.84. The van der Waals surface area contributed by atoms with Crippen LogP contribution in [-0.4, -0.2) is 18.1 Å². The average Bonchev–Trinajstić information content (AvgIpc) is 2.46. The van der Waals surface area contributed by atoms with Crippen molar-refractivity contribution < 1.29 is 17.9 Å². The molecule has 1 heterocycles.